The number of nitrogens with zero attached hydrogens (tertiary/aromatic N) is 1. The summed E-state index contributed by atoms with van der Waals surface area (Å²) in [6, 6.07) is 7.15. The fourth-order valence-corrected chi connectivity index (χ4v) is 3.58. The van der Waals surface area contributed by atoms with E-state index in [2.05, 4.69) is 18.7 Å². The van der Waals surface area contributed by atoms with Crippen molar-refractivity contribution >= 4 is 0 Å². The Kier molecular flexibility index (Phi) is 5.54. The summed E-state index contributed by atoms with van der Waals surface area (Å²) in [4.78, 5) is 2.46. The Morgan fingerprint density at radius 1 is 1.22 bits per heavy atom. The van der Waals surface area contributed by atoms with Crippen LogP contribution in [0.3, 0.4) is 0 Å². The zero-order valence-corrected chi connectivity index (χ0v) is 14.2. The molecule has 3 atom stereocenters. The normalized spacial score (nSPS) is 27.4. The van der Waals surface area contributed by atoms with Crippen molar-refractivity contribution < 1.29 is 13.9 Å². The topological polar surface area (TPSA) is 21.7 Å². The van der Waals surface area contributed by atoms with Gasteiger partial charge in [0.2, 0.25) is 0 Å². The minimum atomic E-state index is -0.276. The van der Waals surface area contributed by atoms with Crippen LogP contribution >= 0.6 is 0 Å². The molecule has 3 rings (SSSR count). The molecule has 1 heterocycles. The highest BCUT2D eigenvalue weighted by atomic mass is 19.1. The summed E-state index contributed by atoms with van der Waals surface area (Å²) in [5.41, 5.74) is 0. The number of hydrogen-bond acceptors (Lipinski definition) is 3. The lowest BCUT2D eigenvalue weighted by molar-refractivity contribution is -0.106. The molecule has 3 unspecified atom stereocenters. The lowest BCUT2D eigenvalue weighted by Gasteiger charge is -2.48. The second-order valence-electron chi connectivity index (χ2n) is 6.87. The number of benzene rings is 1. The molecule has 0 aromatic heterocycles. The standard InChI is InChI=1S/C19H28FNO2/c1-3-14(2)22-19-11-7-5-9-17(19)21-12-15(13-21)23-18-10-6-4-8-16(18)20/h4,6,8,10,14-15,17,19H,3,5,7,9,11-13H2,1-2H3. The van der Waals surface area contributed by atoms with E-state index in [0.717, 1.165) is 25.9 Å². The summed E-state index contributed by atoms with van der Waals surface area (Å²) in [6.07, 6.45) is 6.72. The Morgan fingerprint density at radius 3 is 2.70 bits per heavy atom. The first-order valence-corrected chi connectivity index (χ1v) is 8.98. The highest BCUT2D eigenvalue weighted by Crippen LogP contribution is 2.31. The van der Waals surface area contributed by atoms with Crippen LogP contribution < -0.4 is 4.74 Å². The summed E-state index contributed by atoms with van der Waals surface area (Å²) in [5.74, 6) is 0.0924. The first-order valence-electron chi connectivity index (χ1n) is 8.98. The van der Waals surface area contributed by atoms with E-state index in [-0.39, 0.29) is 11.9 Å². The fourth-order valence-electron chi connectivity index (χ4n) is 3.58. The molecule has 0 radical (unpaired) electrons. The summed E-state index contributed by atoms with van der Waals surface area (Å²) < 4.78 is 25.7. The zero-order valence-electron chi connectivity index (χ0n) is 14.2. The molecule has 0 bridgehead atoms. The van der Waals surface area contributed by atoms with Crippen LogP contribution in [-0.2, 0) is 4.74 Å². The Bertz CT molecular complexity index is 504. The molecule has 1 aromatic rings. The molecule has 1 aromatic carbocycles. The van der Waals surface area contributed by atoms with E-state index in [1.54, 1.807) is 12.1 Å². The van der Waals surface area contributed by atoms with E-state index in [1.807, 2.05) is 6.07 Å². The van der Waals surface area contributed by atoms with Gasteiger partial charge in [0, 0.05) is 19.1 Å². The van der Waals surface area contributed by atoms with Gasteiger partial charge in [-0.1, -0.05) is 31.9 Å². The maximum absolute atomic E-state index is 13.6. The van der Waals surface area contributed by atoms with Crippen LogP contribution in [0.25, 0.3) is 0 Å². The predicted octanol–water partition coefficient (Wildman–Crippen LogP) is 4.02. The van der Waals surface area contributed by atoms with Crippen LogP contribution in [0, 0.1) is 5.82 Å². The van der Waals surface area contributed by atoms with Crippen molar-refractivity contribution in [2.24, 2.45) is 0 Å². The van der Waals surface area contributed by atoms with E-state index >= 15 is 0 Å². The van der Waals surface area contributed by atoms with E-state index in [4.69, 9.17) is 9.47 Å². The Balaban J connectivity index is 1.52. The third-order valence-electron chi connectivity index (χ3n) is 5.13. The average Bonchev–Trinajstić information content (AvgIpc) is 2.53. The summed E-state index contributed by atoms with van der Waals surface area (Å²) >= 11 is 0. The fraction of sp³-hybridized carbons (Fsp3) is 0.684. The molecular formula is C19H28FNO2. The van der Waals surface area contributed by atoms with Crippen molar-refractivity contribution in [3.63, 3.8) is 0 Å². The largest absolute Gasteiger partial charge is 0.485 e. The van der Waals surface area contributed by atoms with Crippen molar-refractivity contribution in [3.05, 3.63) is 30.1 Å². The summed E-state index contributed by atoms with van der Waals surface area (Å²) in [7, 11) is 0. The Labute approximate surface area is 138 Å². The molecular weight excluding hydrogens is 293 g/mol. The van der Waals surface area contributed by atoms with Crippen LogP contribution in [0.1, 0.15) is 46.0 Å². The van der Waals surface area contributed by atoms with Crippen molar-refractivity contribution in [1.29, 1.82) is 0 Å². The van der Waals surface area contributed by atoms with E-state index in [9.17, 15) is 4.39 Å². The van der Waals surface area contributed by atoms with Crippen LogP contribution in [0.15, 0.2) is 24.3 Å². The van der Waals surface area contributed by atoms with Crippen LogP contribution in [0.5, 0.6) is 5.75 Å². The molecule has 0 amide bonds. The molecule has 23 heavy (non-hydrogen) atoms. The van der Waals surface area contributed by atoms with Gasteiger partial charge < -0.3 is 9.47 Å². The second-order valence-corrected chi connectivity index (χ2v) is 6.87. The van der Waals surface area contributed by atoms with Crippen molar-refractivity contribution in [2.45, 2.75) is 70.3 Å². The third kappa shape index (κ3) is 4.04. The van der Waals surface area contributed by atoms with E-state index in [0.29, 0.717) is 24.0 Å². The highest BCUT2D eigenvalue weighted by molar-refractivity contribution is 5.24. The SMILES string of the molecule is CCC(C)OC1CCCCC1N1CC(Oc2ccccc2F)C1. The lowest BCUT2D eigenvalue weighted by atomic mass is 9.89. The maximum atomic E-state index is 13.6. The number of para-hydroxylation sites is 1. The van der Waals surface area contributed by atoms with Crippen molar-refractivity contribution in [2.75, 3.05) is 13.1 Å². The van der Waals surface area contributed by atoms with Crippen molar-refractivity contribution in [3.8, 4) is 5.75 Å². The van der Waals surface area contributed by atoms with Crippen LogP contribution in [-0.4, -0.2) is 42.3 Å². The van der Waals surface area contributed by atoms with E-state index in [1.165, 1.54) is 25.3 Å². The number of likely N-dealkylation sites (tertiary alicyclic amines) is 1. The molecule has 1 aliphatic carbocycles. The van der Waals surface area contributed by atoms with Crippen LogP contribution in [0.2, 0.25) is 0 Å². The lowest BCUT2D eigenvalue weighted by Crippen LogP contribution is -2.61. The van der Waals surface area contributed by atoms with Crippen LogP contribution in [0.4, 0.5) is 4.39 Å². The number of hydrogen-bond donors (Lipinski definition) is 0. The van der Waals surface area contributed by atoms with Gasteiger partial charge in [-0.05, 0) is 38.3 Å². The zero-order chi connectivity index (χ0) is 16.2. The molecule has 1 saturated heterocycles. The van der Waals surface area contributed by atoms with Gasteiger partial charge in [0.1, 0.15) is 6.10 Å². The minimum absolute atomic E-state index is 0.0954. The molecule has 128 valence electrons. The number of halogens is 1. The highest BCUT2D eigenvalue weighted by Gasteiger charge is 2.39. The minimum Gasteiger partial charge on any atom is -0.485 e. The van der Waals surface area contributed by atoms with Gasteiger partial charge in [-0.25, -0.2) is 4.39 Å². The summed E-state index contributed by atoms with van der Waals surface area (Å²) in [6.45, 7) is 6.08. The van der Waals surface area contributed by atoms with Gasteiger partial charge in [-0.2, -0.15) is 0 Å². The average molecular weight is 321 g/mol. The molecule has 2 aliphatic rings. The predicted molar refractivity (Wildman–Crippen MR) is 89.3 cm³/mol. The monoisotopic (exact) mass is 321 g/mol. The first kappa shape index (κ1) is 16.7. The number of ether oxygens (including phenoxy) is 2. The number of rotatable bonds is 6. The van der Waals surface area contributed by atoms with Crippen molar-refractivity contribution in [1.82, 2.24) is 4.90 Å². The first-order chi connectivity index (χ1) is 11.2. The smallest absolute Gasteiger partial charge is 0.165 e. The third-order valence-corrected chi connectivity index (χ3v) is 5.13. The molecule has 1 saturated carbocycles. The quantitative estimate of drug-likeness (QED) is 0.790. The van der Waals surface area contributed by atoms with Gasteiger partial charge in [0.05, 0.1) is 12.2 Å². The second kappa shape index (κ2) is 7.63. The molecule has 0 N–H and O–H groups in total. The van der Waals surface area contributed by atoms with Gasteiger partial charge in [0.15, 0.2) is 11.6 Å². The molecule has 4 heteroatoms. The van der Waals surface area contributed by atoms with E-state index < -0.39 is 0 Å². The van der Waals surface area contributed by atoms with Gasteiger partial charge in [0.25, 0.3) is 0 Å². The molecule has 3 nitrogen and oxygen atoms in total. The maximum Gasteiger partial charge on any atom is 0.165 e. The molecule has 0 spiro atoms. The Hall–Kier alpha value is -1.13. The summed E-state index contributed by atoms with van der Waals surface area (Å²) in [5, 5.41) is 0. The van der Waals surface area contributed by atoms with Gasteiger partial charge in [-0.3, -0.25) is 4.90 Å². The van der Waals surface area contributed by atoms with Gasteiger partial charge >= 0.3 is 0 Å². The van der Waals surface area contributed by atoms with Gasteiger partial charge in [-0.15, -0.1) is 0 Å². The Morgan fingerprint density at radius 2 is 1.96 bits per heavy atom. The molecule has 1 aliphatic heterocycles. The molecule has 2 fully saturated rings.